The van der Waals surface area contributed by atoms with Crippen LogP contribution in [0.1, 0.15) is 80.7 Å². The number of hydrogen-bond donors (Lipinski definition) is 1. The van der Waals surface area contributed by atoms with E-state index in [2.05, 4.69) is 81.1 Å². The summed E-state index contributed by atoms with van der Waals surface area (Å²) in [7, 11) is 0. The predicted octanol–water partition coefficient (Wildman–Crippen LogP) is 8.54. The molecule has 0 spiro atoms. The Kier molecular flexibility index (Phi) is 12.7. The second-order valence-electron chi connectivity index (χ2n) is 10.8. The van der Waals surface area contributed by atoms with Crippen molar-refractivity contribution in [3.63, 3.8) is 0 Å². The molecule has 3 heteroatoms. The number of aromatic hydroxyl groups is 1. The maximum Gasteiger partial charge on any atom is 0.119 e. The van der Waals surface area contributed by atoms with Crippen LogP contribution in [-0.4, -0.2) is 29.7 Å². The van der Waals surface area contributed by atoms with E-state index in [-0.39, 0.29) is 0 Å². The van der Waals surface area contributed by atoms with Gasteiger partial charge in [-0.1, -0.05) is 75.2 Å². The molecule has 0 saturated carbocycles. The highest BCUT2D eigenvalue weighted by atomic mass is 16.5. The summed E-state index contributed by atoms with van der Waals surface area (Å²) in [6.45, 7) is 12.8. The lowest BCUT2D eigenvalue weighted by atomic mass is 9.93. The van der Waals surface area contributed by atoms with E-state index >= 15 is 0 Å². The van der Waals surface area contributed by atoms with Gasteiger partial charge >= 0.3 is 0 Å². The van der Waals surface area contributed by atoms with Crippen LogP contribution in [0.15, 0.2) is 66.7 Å². The van der Waals surface area contributed by atoms with Gasteiger partial charge in [-0.3, -0.25) is 4.90 Å². The van der Waals surface area contributed by atoms with Crippen LogP contribution in [0.2, 0.25) is 0 Å². The number of ether oxygens (including phenoxy) is 1. The molecular formula is C35H49NO2. The zero-order valence-electron chi connectivity index (χ0n) is 24.2. The topological polar surface area (TPSA) is 32.7 Å². The summed E-state index contributed by atoms with van der Waals surface area (Å²) >= 11 is 0. The van der Waals surface area contributed by atoms with E-state index in [9.17, 15) is 5.11 Å². The van der Waals surface area contributed by atoms with Gasteiger partial charge < -0.3 is 9.84 Å². The average molecular weight is 516 g/mol. The minimum absolute atomic E-state index is 0.360. The third kappa shape index (κ3) is 10.2. The molecule has 0 aliphatic carbocycles. The molecule has 1 heterocycles. The van der Waals surface area contributed by atoms with Gasteiger partial charge in [-0.15, -0.1) is 0 Å². The Morgan fingerprint density at radius 1 is 0.842 bits per heavy atom. The lowest BCUT2D eigenvalue weighted by Gasteiger charge is -2.32. The van der Waals surface area contributed by atoms with Crippen molar-refractivity contribution in [2.75, 3.05) is 19.7 Å². The number of piperidine rings is 1. The average Bonchev–Trinajstić information content (AvgIpc) is 2.93. The number of aryl methyl sites for hydroxylation is 4. The molecule has 1 aliphatic heterocycles. The van der Waals surface area contributed by atoms with Crippen molar-refractivity contribution in [3.8, 4) is 11.5 Å². The molecule has 4 rings (SSSR count). The van der Waals surface area contributed by atoms with E-state index < -0.39 is 0 Å². The third-order valence-electron chi connectivity index (χ3n) is 7.67. The zero-order chi connectivity index (χ0) is 27.2. The van der Waals surface area contributed by atoms with Crippen molar-refractivity contribution >= 4 is 0 Å². The van der Waals surface area contributed by atoms with E-state index in [0.717, 1.165) is 57.2 Å². The summed E-state index contributed by atoms with van der Waals surface area (Å²) in [5.41, 5.74) is 6.90. The molecule has 0 radical (unpaired) electrons. The summed E-state index contributed by atoms with van der Waals surface area (Å²) in [6, 6.07) is 22.9. The molecule has 1 aliphatic rings. The quantitative estimate of drug-likeness (QED) is 0.278. The molecule has 0 amide bonds. The first-order valence-electron chi connectivity index (χ1n) is 14.8. The van der Waals surface area contributed by atoms with Crippen LogP contribution >= 0.6 is 0 Å². The van der Waals surface area contributed by atoms with Crippen molar-refractivity contribution in [2.24, 2.45) is 5.92 Å². The van der Waals surface area contributed by atoms with E-state index in [0.29, 0.717) is 5.75 Å². The fourth-order valence-corrected chi connectivity index (χ4v) is 5.25. The first kappa shape index (κ1) is 29.8. The Bertz CT molecular complexity index is 1080. The Morgan fingerprint density at radius 3 is 2.26 bits per heavy atom. The molecule has 3 nitrogen and oxygen atoms in total. The van der Waals surface area contributed by atoms with Gasteiger partial charge in [-0.05, 0) is 117 Å². The van der Waals surface area contributed by atoms with Crippen molar-refractivity contribution in [3.05, 3.63) is 94.5 Å². The Labute approximate surface area is 231 Å². The highest BCUT2D eigenvalue weighted by Crippen LogP contribution is 2.24. The number of phenolic OH excluding ortho intramolecular Hbond substituents is 1. The first-order valence-corrected chi connectivity index (χ1v) is 14.8. The highest BCUT2D eigenvalue weighted by Gasteiger charge is 2.19. The number of phenols is 1. The predicted molar refractivity (Wildman–Crippen MR) is 161 cm³/mol. The fourth-order valence-electron chi connectivity index (χ4n) is 5.25. The van der Waals surface area contributed by atoms with Crippen LogP contribution in [0, 0.1) is 12.8 Å². The van der Waals surface area contributed by atoms with E-state index in [1.807, 2.05) is 12.1 Å². The minimum atomic E-state index is 0.360. The first-order chi connectivity index (χ1) is 18.5. The summed E-state index contributed by atoms with van der Waals surface area (Å²) in [5.74, 6) is 2.15. The van der Waals surface area contributed by atoms with E-state index in [1.165, 1.54) is 59.9 Å². The van der Waals surface area contributed by atoms with Gasteiger partial charge in [0.05, 0.1) is 6.61 Å². The SMILES string of the molecule is CCCCc1ccc(OCCC2CCN(Cc3cccc(O)c3)CC2)cc1CC.CCc1cccc(C)c1. The lowest BCUT2D eigenvalue weighted by molar-refractivity contribution is 0.157. The molecule has 0 unspecified atom stereocenters. The van der Waals surface area contributed by atoms with Crippen LogP contribution in [0.4, 0.5) is 0 Å². The van der Waals surface area contributed by atoms with Gasteiger partial charge in [0.2, 0.25) is 0 Å². The molecule has 0 bridgehead atoms. The Morgan fingerprint density at radius 2 is 1.61 bits per heavy atom. The molecule has 3 aromatic carbocycles. The van der Waals surface area contributed by atoms with Crippen molar-refractivity contribution in [1.82, 2.24) is 4.90 Å². The normalized spacial score (nSPS) is 14.1. The van der Waals surface area contributed by atoms with Crippen LogP contribution in [0.3, 0.4) is 0 Å². The van der Waals surface area contributed by atoms with Gasteiger partial charge in [0.15, 0.2) is 0 Å². The van der Waals surface area contributed by atoms with Crippen LogP contribution < -0.4 is 4.74 Å². The van der Waals surface area contributed by atoms with Crippen molar-refractivity contribution in [1.29, 1.82) is 0 Å². The third-order valence-corrected chi connectivity index (χ3v) is 7.67. The van der Waals surface area contributed by atoms with Crippen LogP contribution in [0.5, 0.6) is 11.5 Å². The highest BCUT2D eigenvalue weighted by molar-refractivity contribution is 5.36. The second-order valence-corrected chi connectivity index (χ2v) is 10.8. The van der Waals surface area contributed by atoms with Gasteiger partial charge in [0.1, 0.15) is 11.5 Å². The number of likely N-dealkylation sites (tertiary alicyclic amines) is 1. The lowest BCUT2D eigenvalue weighted by Crippen LogP contribution is -2.33. The van der Waals surface area contributed by atoms with E-state index in [1.54, 1.807) is 6.07 Å². The smallest absolute Gasteiger partial charge is 0.119 e. The molecule has 1 N–H and O–H groups in total. The molecule has 1 fully saturated rings. The summed E-state index contributed by atoms with van der Waals surface area (Å²) < 4.78 is 6.10. The molecule has 206 valence electrons. The van der Waals surface area contributed by atoms with Crippen molar-refractivity contribution in [2.45, 2.75) is 85.6 Å². The summed E-state index contributed by atoms with van der Waals surface area (Å²) in [6.07, 6.45) is 9.51. The zero-order valence-corrected chi connectivity index (χ0v) is 24.2. The molecule has 0 atom stereocenters. The van der Waals surface area contributed by atoms with Gasteiger partial charge in [-0.2, -0.15) is 0 Å². The number of rotatable bonds is 11. The summed E-state index contributed by atoms with van der Waals surface area (Å²) in [5, 5.41) is 9.63. The monoisotopic (exact) mass is 515 g/mol. The van der Waals surface area contributed by atoms with Gasteiger partial charge in [-0.25, -0.2) is 0 Å². The van der Waals surface area contributed by atoms with Crippen LogP contribution in [0.25, 0.3) is 0 Å². The molecular weight excluding hydrogens is 466 g/mol. The number of benzene rings is 3. The van der Waals surface area contributed by atoms with Gasteiger partial charge in [0.25, 0.3) is 0 Å². The maximum absolute atomic E-state index is 9.63. The van der Waals surface area contributed by atoms with Crippen molar-refractivity contribution < 1.29 is 9.84 Å². The maximum atomic E-state index is 9.63. The number of hydrogen-bond acceptors (Lipinski definition) is 3. The minimum Gasteiger partial charge on any atom is -0.508 e. The molecule has 3 aromatic rings. The van der Waals surface area contributed by atoms with Gasteiger partial charge in [0, 0.05) is 6.54 Å². The fraction of sp³-hybridized carbons (Fsp3) is 0.486. The van der Waals surface area contributed by atoms with Crippen LogP contribution in [-0.2, 0) is 25.8 Å². The largest absolute Gasteiger partial charge is 0.508 e. The molecule has 38 heavy (non-hydrogen) atoms. The standard InChI is InChI=1S/C26H37NO2.C9H12/c1-3-5-8-24-10-11-26(19-23(24)4-2)29-17-14-21-12-15-27(16-13-21)20-22-7-6-9-25(28)18-22;1-3-9-6-4-5-8(2)7-9/h6-7,9-11,18-19,21,28H,3-5,8,12-17,20H2,1-2H3;4-7H,3H2,1-2H3. The Balaban J connectivity index is 0.000000375. The molecule has 0 aromatic heterocycles. The van der Waals surface area contributed by atoms with E-state index in [4.69, 9.17) is 4.74 Å². The number of nitrogens with zero attached hydrogens (tertiary/aromatic N) is 1. The summed E-state index contributed by atoms with van der Waals surface area (Å²) in [4.78, 5) is 2.49. The number of unbranched alkanes of at least 4 members (excludes halogenated alkanes) is 1. The molecule has 1 saturated heterocycles. The Hall–Kier alpha value is -2.78. The second kappa shape index (κ2) is 16.2.